The highest BCUT2D eigenvalue weighted by Gasteiger charge is 2.11. The molecule has 1 N–H and O–H groups in total. The zero-order chi connectivity index (χ0) is 17.0. The topological polar surface area (TPSA) is 49.8 Å². The Morgan fingerprint density at radius 3 is 2.43 bits per heavy atom. The molecule has 0 radical (unpaired) electrons. The number of aromatic carboxylic acids is 1. The van der Waals surface area contributed by atoms with Crippen molar-refractivity contribution < 1.29 is 14.6 Å². The van der Waals surface area contributed by atoms with Crippen LogP contribution in [0.25, 0.3) is 0 Å². The Morgan fingerprint density at radius 1 is 1.13 bits per heavy atom. The van der Waals surface area contributed by atoms with Crippen LogP contribution in [0.15, 0.2) is 36.4 Å². The van der Waals surface area contributed by atoms with Gasteiger partial charge in [-0.1, -0.05) is 13.0 Å². The maximum atomic E-state index is 11.2. The van der Waals surface area contributed by atoms with Gasteiger partial charge >= 0.3 is 5.97 Å². The molecule has 0 fully saturated rings. The highest BCUT2D eigenvalue weighted by atomic mass is 16.5. The molecule has 0 aliphatic rings. The van der Waals surface area contributed by atoms with E-state index in [0.717, 1.165) is 17.7 Å². The van der Waals surface area contributed by atoms with Crippen LogP contribution in [0.2, 0.25) is 0 Å². The van der Waals surface area contributed by atoms with Crippen molar-refractivity contribution in [3.8, 4) is 11.5 Å². The molecule has 4 heteroatoms. The third-order valence-electron chi connectivity index (χ3n) is 3.72. The summed E-state index contributed by atoms with van der Waals surface area (Å²) < 4.78 is 6.01. The molecule has 23 heavy (non-hydrogen) atoms. The highest BCUT2D eigenvalue weighted by molar-refractivity contribution is 5.88. The highest BCUT2D eigenvalue weighted by Crippen LogP contribution is 2.28. The summed E-state index contributed by atoms with van der Waals surface area (Å²) in [7, 11) is 3.88. The van der Waals surface area contributed by atoms with Crippen molar-refractivity contribution in [3.63, 3.8) is 0 Å². The molecule has 0 spiro atoms. The fourth-order valence-electron chi connectivity index (χ4n) is 2.53. The minimum absolute atomic E-state index is 0.270. The third kappa shape index (κ3) is 4.33. The van der Waals surface area contributed by atoms with E-state index >= 15 is 0 Å². The minimum atomic E-state index is -0.931. The van der Waals surface area contributed by atoms with Crippen molar-refractivity contribution in [3.05, 3.63) is 58.7 Å². The standard InChI is InChI=1S/C19H23NO3/c1-5-14-6-8-17(10-13(14)2)23-18-9-7-15(19(21)22)11-16(18)12-20(3)4/h6-11H,5,12H2,1-4H3,(H,21,22). The fourth-order valence-corrected chi connectivity index (χ4v) is 2.53. The van der Waals surface area contributed by atoms with Gasteiger partial charge in [-0.2, -0.15) is 0 Å². The van der Waals surface area contributed by atoms with Crippen molar-refractivity contribution in [2.45, 2.75) is 26.8 Å². The van der Waals surface area contributed by atoms with Gasteiger partial charge in [-0.15, -0.1) is 0 Å². The van der Waals surface area contributed by atoms with Gasteiger partial charge in [0, 0.05) is 12.1 Å². The molecule has 0 saturated carbocycles. The zero-order valence-electron chi connectivity index (χ0n) is 14.1. The van der Waals surface area contributed by atoms with E-state index in [-0.39, 0.29) is 5.56 Å². The molecule has 0 heterocycles. The van der Waals surface area contributed by atoms with Crippen LogP contribution in [0.3, 0.4) is 0 Å². The van der Waals surface area contributed by atoms with Gasteiger partial charge in [0.15, 0.2) is 0 Å². The summed E-state index contributed by atoms with van der Waals surface area (Å²) in [5.41, 5.74) is 3.62. The number of nitrogens with zero attached hydrogens (tertiary/aromatic N) is 1. The van der Waals surface area contributed by atoms with E-state index in [1.54, 1.807) is 18.2 Å². The van der Waals surface area contributed by atoms with Crippen molar-refractivity contribution in [1.82, 2.24) is 4.90 Å². The van der Waals surface area contributed by atoms with Crippen LogP contribution in [0, 0.1) is 6.92 Å². The Hall–Kier alpha value is -2.33. The van der Waals surface area contributed by atoms with Crippen LogP contribution in [0.5, 0.6) is 11.5 Å². The van der Waals surface area contributed by atoms with Gasteiger partial charge < -0.3 is 14.7 Å². The molecule has 0 aliphatic heterocycles. The third-order valence-corrected chi connectivity index (χ3v) is 3.72. The number of ether oxygens (including phenoxy) is 1. The van der Waals surface area contributed by atoms with Gasteiger partial charge in [-0.3, -0.25) is 0 Å². The molecule has 0 unspecified atom stereocenters. The van der Waals surface area contributed by atoms with Crippen molar-refractivity contribution >= 4 is 5.97 Å². The van der Waals surface area contributed by atoms with Crippen molar-refractivity contribution in [2.24, 2.45) is 0 Å². The summed E-state index contributed by atoms with van der Waals surface area (Å²) in [6.07, 6.45) is 0.991. The number of aryl methyl sites for hydroxylation is 2. The molecule has 2 aromatic carbocycles. The molecule has 4 nitrogen and oxygen atoms in total. The molecule has 0 aromatic heterocycles. The average Bonchev–Trinajstić information content (AvgIpc) is 2.48. The molecule has 122 valence electrons. The Labute approximate surface area is 137 Å². The summed E-state index contributed by atoms with van der Waals surface area (Å²) in [5.74, 6) is 0.523. The van der Waals surface area contributed by atoms with Crippen LogP contribution in [0.1, 0.15) is 34.0 Å². The van der Waals surface area contributed by atoms with Gasteiger partial charge in [0.25, 0.3) is 0 Å². The van der Waals surface area contributed by atoms with Crippen LogP contribution in [-0.4, -0.2) is 30.1 Å². The molecule has 2 rings (SSSR count). The lowest BCUT2D eigenvalue weighted by atomic mass is 10.1. The molecule has 0 bridgehead atoms. The maximum Gasteiger partial charge on any atom is 0.335 e. The number of carbonyl (C=O) groups is 1. The molecule has 0 saturated heterocycles. The second-order valence-corrected chi connectivity index (χ2v) is 5.91. The number of benzene rings is 2. The monoisotopic (exact) mass is 313 g/mol. The minimum Gasteiger partial charge on any atom is -0.478 e. The number of hydrogen-bond donors (Lipinski definition) is 1. The Kier molecular flexibility index (Phi) is 5.40. The molecule has 0 aliphatic carbocycles. The predicted molar refractivity (Wildman–Crippen MR) is 91.4 cm³/mol. The lowest BCUT2D eigenvalue weighted by molar-refractivity contribution is 0.0696. The summed E-state index contributed by atoms with van der Waals surface area (Å²) in [6, 6.07) is 11.0. The first kappa shape index (κ1) is 17.0. The summed E-state index contributed by atoms with van der Waals surface area (Å²) in [6.45, 7) is 4.81. The first-order chi connectivity index (χ1) is 10.9. The Bertz CT molecular complexity index is 708. The van der Waals surface area contributed by atoms with Crippen LogP contribution >= 0.6 is 0 Å². The second kappa shape index (κ2) is 7.29. The lowest BCUT2D eigenvalue weighted by Gasteiger charge is -2.16. The van der Waals surface area contributed by atoms with E-state index < -0.39 is 5.97 Å². The molecular formula is C19H23NO3. The van der Waals surface area contributed by atoms with Gasteiger partial charge in [-0.05, 0) is 68.9 Å². The number of carboxylic acid groups (broad SMARTS) is 1. The largest absolute Gasteiger partial charge is 0.478 e. The second-order valence-electron chi connectivity index (χ2n) is 5.91. The Morgan fingerprint density at radius 2 is 1.87 bits per heavy atom. The summed E-state index contributed by atoms with van der Waals surface area (Å²) in [4.78, 5) is 13.2. The number of rotatable bonds is 6. The van der Waals surface area contributed by atoms with Gasteiger partial charge in [0.05, 0.1) is 5.56 Å². The van der Waals surface area contributed by atoms with Gasteiger partial charge in [-0.25, -0.2) is 4.79 Å². The first-order valence-electron chi connectivity index (χ1n) is 7.69. The van der Waals surface area contributed by atoms with Crippen molar-refractivity contribution in [2.75, 3.05) is 14.1 Å². The lowest BCUT2D eigenvalue weighted by Crippen LogP contribution is -2.12. The fraction of sp³-hybridized carbons (Fsp3) is 0.316. The Balaban J connectivity index is 2.34. The molecular weight excluding hydrogens is 290 g/mol. The number of carboxylic acids is 1. The summed E-state index contributed by atoms with van der Waals surface area (Å²) >= 11 is 0. The molecule has 2 aromatic rings. The van der Waals surface area contributed by atoms with Gasteiger partial charge in [0.2, 0.25) is 0 Å². The van der Waals surface area contributed by atoms with E-state index in [0.29, 0.717) is 12.3 Å². The van der Waals surface area contributed by atoms with E-state index in [2.05, 4.69) is 19.9 Å². The van der Waals surface area contributed by atoms with Crippen LogP contribution in [-0.2, 0) is 13.0 Å². The average molecular weight is 313 g/mol. The summed E-state index contributed by atoms with van der Waals surface area (Å²) in [5, 5.41) is 9.16. The SMILES string of the molecule is CCc1ccc(Oc2ccc(C(=O)O)cc2CN(C)C)cc1C. The van der Waals surface area contributed by atoms with Crippen molar-refractivity contribution in [1.29, 1.82) is 0 Å². The zero-order valence-corrected chi connectivity index (χ0v) is 14.1. The van der Waals surface area contributed by atoms with E-state index in [9.17, 15) is 4.79 Å². The van der Waals surface area contributed by atoms with Gasteiger partial charge in [0.1, 0.15) is 11.5 Å². The van der Waals surface area contributed by atoms with E-state index in [4.69, 9.17) is 9.84 Å². The predicted octanol–water partition coefficient (Wildman–Crippen LogP) is 4.11. The quantitative estimate of drug-likeness (QED) is 0.872. The van der Waals surface area contributed by atoms with Crippen LogP contribution < -0.4 is 4.74 Å². The molecule has 0 atom stereocenters. The normalized spacial score (nSPS) is 10.8. The van der Waals surface area contributed by atoms with Crippen LogP contribution in [0.4, 0.5) is 0 Å². The van der Waals surface area contributed by atoms with E-state index in [1.807, 2.05) is 31.1 Å². The number of hydrogen-bond acceptors (Lipinski definition) is 3. The first-order valence-corrected chi connectivity index (χ1v) is 7.69. The van der Waals surface area contributed by atoms with E-state index in [1.165, 1.54) is 11.1 Å². The maximum absolute atomic E-state index is 11.2. The smallest absolute Gasteiger partial charge is 0.335 e. The molecule has 0 amide bonds.